The molecule has 1 aliphatic rings. The molecule has 0 spiro atoms. The van der Waals surface area contributed by atoms with Gasteiger partial charge in [-0.2, -0.15) is 0 Å². The molecule has 2 rings (SSSR count). The molecular weight excluding hydrogens is 258 g/mol. The third kappa shape index (κ3) is 3.42. The van der Waals surface area contributed by atoms with Crippen LogP contribution in [0.4, 0.5) is 0 Å². The molecule has 1 N–H and O–H groups in total. The predicted octanol–water partition coefficient (Wildman–Crippen LogP) is 4.75. The first-order chi connectivity index (χ1) is 10.0. The summed E-state index contributed by atoms with van der Waals surface area (Å²) in [5.74, 6) is 1.58. The zero-order valence-electron chi connectivity index (χ0n) is 14.3. The van der Waals surface area contributed by atoms with E-state index in [1.165, 1.54) is 12.0 Å². The Hall–Kier alpha value is -1.02. The highest BCUT2D eigenvalue weighted by Gasteiger charge is 2.51. The third-order valence-corrected chi connectivity index (χ3v) is 5.19. The first-order valence-electron chi connectivity index (χ1n) is 8.51. The van der Waals surface area contributed by atoms with Crippen LogP contribution in [0.5, 0.6) is 5.75 Å². The summed E-state index contributed by atoms with van der Waals surface area (Å²) < 4.78 is 6.32. The lowest BCUT2D eigenvalue weighted by molar-refractivity contribution is -0.0701. The summed E-state index contributed by atoms with van der Waals surface area (Å²) in [6, 6.07) is 9.19. The van der Waals surface area contributed by atoms with E-state index in [4.69, 9.17) is 4.74 Å². The number of ether oxygens (including phenoxy) is 1. The van der Waals surface area contributed by atoms with Gasteiger partial charge < -0.3 is 10.1 Å². The average Bonchev–Trinajstić information content (AvgIpc) is 2.49. The van der Waals surface area contributed by atoms with E-state index in [0.717, 1.165) is 25.1 Å². The summed E-state index contributed by atoms with van der Waals surface area (Å²) in [6.45, 7) is 12.4. The number of hydrogen-bond acceptors (Lipinski definition) is 2. The normalized spacial score (nSPS) is 28.5. The van der Waals surface area contributed by atoms with Crippen molar-refractivity contribution in [1.29, 1.82) is 0 Å². The summed E-state index contributed by atoms with van der Waals surface area (Å²) in [6.07, 6.45) is 3.80. The van der Waals surface area contributed by atoms with E-state index >= 15 is 0 Å². The smallest absolute Gasteiger partial charge is 0.120 e. The van der Waals surface area contributed by atoms with E-state index in [1.54, 1.807) is 0 Å². The molecule has 0 saturated heterocycles. The molecule has 3 unspecified atom stereocenters. The molecule has 0 bridgehead atoms. The fourth-order valence-electron chi connectivity index (χ4n) is 3.22. The van der Waals surface area contributed by atoms with Gasteiger partial charge in [0.2, 0.25) is 0 Å². The summed E-state index contributed by atoms with van der Waals surface area (Å²) in [7, 11) is 0. The van der Waals surface area contributed by atoms with Gasteiger partial charge in [0, 0.05) is 17.9 Å². The summed E-state index contributed by atoms with van der Waals surface area (Å²) in [5, 5.41) is 3.68. The molecule has 0 radical (unpaired) electrons. The van der Waals surface area contributed by atoms with Crippen LogP contribution in [0, 0.1) is 5.41 Å². The quantitative estimate of drug-likeness (QED) is 0.782. The van der Waals surface area contributed by atoms with Gasteiger partial charge in [-0.15, -0.1) is 0 Å². The summed E-state index contributed by atoms with van der Waals surface area (Å²) in [4.78, 5) is 0. The van der Waals surface area contributed by atoms with Crippen LogP contribution in [0.15, 0.2) is 24.3 Å². The fourth-order valence-corrected chi connectivity index (χ4v) is 3.22. The number of nitrogens with one attached hydrogen (secondary N) is 1. The van der Waals surface area contributed by atoms with Crippen LogP contribution >= 0.6 is 0 Å². The van der Waals surface area contributed by atoms with Crippen LogP contribution in [0.3, 0.4) is 0 Å². The second-order valence-corrected chi connectivity index (χ2v) is 6.94. The zero-order valence-corrected chi connectivity index (χ0v) is 14.3. The molecule has 3 atom stereocenters. The summed E-state index contributed by atoms with van der Waals surface area (Å²) >= 11 is 0. The predicted molar refractivity (Wildman–Crippen MR) is 90.0 cm³/mol. The molecule has 1 aromatic carbocycles. The molecule has 1 fully saturated rings. The third-order valence-electron chi connectivity index (χ3n) is 5.19. The highest BCUT2D eigenvalue weighted by molar-refractivity contribution is 5.31. The maximum absolute atomic E-state index is 6.32. The molecule has 0 amide bonds. The van der Waals surface area contributed by atoms with Gasteiger partial charge in [0.1, 0.15) is 11.9 Å². The van der Waals surface area contributed by atoms with Gasteiger partial charge in [0.25, 0.3) is 0 Å². The van der Waals surface area contributed by atoms with Crippen LogP contribution in [0.1, 0.15) is 65.4 Å². The van der Waals surface area contributed by atoms with E-state index in [0.29, 0.717) is 18.1 Å². The first kappa shape index (κ1) is 16.4. The van der Waals surface area contributed by atoms with E-state index in [9.17, 15) is 0 Å². The molecule has 0 heterocycles. The van der Waals surface area contributed by atoms with E-state index < -0.39 is 0 Å². The highest BCUT2D eigenvalue weighted by Crippen LogP contribution is 2.46. The van der Waals surface area contributed by atoms with Gasteiger partial charge in [-0.3, -0.25) is 0 Å². The van der Waals surface area contributed by atoms with Crippen molar-refractivity contribution >= 4 is 0 Å². The zero-order chi connectivity index (χ0) is 15.5. The fraction of sp³-hybridized carbons (Fsp3) is 0.684. The second-order valence-electron chi connectivity index (χ2n) is 6.94. The SMILES string of the molecule is CCCNC1CC(Oc2cccc(C(C)C)c2)C1(C)CC. The van der Waals surface area contributed by atoms with Gasteiger partial charge in [0.15, 0.2) is 0 Å². The number of rotatable bonds is 7. The van der Waals surface area contributed by atoms with E-state index in [-0.39, 0.29) is 5.41 Å². The van der Waals surface area contributed by atoms with Crippen molar-refractivity contribution in [3.05, 3.63) is 29.8 Å². The van der Waals surface area contributed by atoms with Crippen molar-refractivity contribution in [1.82, 2.24) is 5.32 Å². The van der Waals surface area contributed by atoms with Crippen molar-refractivity contribution in [3.63, 3.8) is 0 Å². The number of benzene rings is 1. The Morgan fingerprint density at radius 1 is 1.33 bits per heavy atom. The maximum Gasteiger partial charge on any atom is 0.120 e. The molecule has 21 heavy (non-hydrogen) atoms. The lowest BCUT2D eigenvalue weighted by Gasteiger charge is -2.53. The van der Waals surface area contributed by atoms with Crippen LogP contribution in [0.2, 0.25) is 0 Å². The maximum atomic E-state index is 6.32. The molecule has 1 aromatic rings. The van der Waals surface area contributed by atoms with Crippen LogP contribution in [-0.2, 0) is 0 Å². The largest absolute Gasteiger partial charge is 0.490 e. The van der Waals surface area contributed by atoms with Gasteiger partial charge in [-0.05, 0) is 43.0 Å². The van der Waals surface area contributed by atoms with Crippen molar-refractivity contribution in [2.45, 2.75) is 71.9 Å². The minimum absolute atomic E-state index is 0.253. The van der Waals surface area contributed by atoms with Crippen LogP contribution in [0.25, 0.3) is 0 Å². The van der Waals surface area contributed by atoms with Crippen LogP contribution < -0.4 is 10.1 Å². The molecular formula is C19H31NO. The van der Waals surface area contributed by atoms with Crippen LogP contribution in [-0.4, -0.2) is 18.7 Å². The average molecular weight is 289 g/mol. The summed E-state index contributed by atoms with van der Waals surface area (Å²) in [5.41, 5.74) is 1.61. The van der Waals surface area contributed by atoms with Gasteiger partial charge in [-0.25, -0.2) is 0 Å². The molecule has 1 saturated carbocycles. The molecule has 2 heteroatoms. The number of hydrogen-bond donors (Lipinski definition) is 1. The monoisotopic (exact) mass is 289 g/mol. The minimum Gasteiger partial charge on any atom is -0.490 e. The molecule has 2 nitrogen and oxygen atoms in total. The molecule has 118 valence electrons. The van der Waals surface area contributed by atoms with Crippen molar-refractivity contribution in [2.75, 3.05) is 6.54 Å². The second kappa shape index (κ2) is 6.83. The van der Waals surface area contributed by atoms with Crippen molar-refractivity contribution in [3.8, 4) is 5.75 Å². The van der Waals surface area contributed by atoms with Gasteiger partial charge in [-0.1, -0.05) is 46.8 Å². The Bertz CT molecular complexity index is 457. The standard InChI is InChI=1S/C19H31NO/c1-6-11-20-17-13-18(19(17,5)7-2)21-16-10-8-9-15(12-16)14(3)4/h8-10,12,14,17-18,20H,6-7,11,13H2,1-5H3. The Labute approximate surface area is 130 Å². The van der Waals surface area contributed by atoms with E-state index in [1.807, 2.05) is 0 Å². The minimum atomic E-state index is 0.253. The molecule has 1 aliphatic carbocycles. The highest BCUT2D eigenvalue weighted by atomic mass is 16.5. The van der Waals surface area contributed by atoms with E-state index in [2.05, 4.69) is 64.2 Å². The first-order valence-corrected chi connectivity index (χ1v) is 8.51. The van der Waals surface area contributed by atoms with Crippen molar-refractivity contribution < 1.29 is 4.74 Å². The lowest BCUT2D eigenvalue weighted by Crippen LogP contribution is -2.63. The van der Waals surface area contributed by atoms with Gasteiger partial charge in [0.05, 0.1) is 0 Å². The topological polar surface area (TPSA) is 21.3 Å². The van der Waals surface area contributed by atoms with Gasteiger partial charge >= 0.3 is 0 Å². The Balaban J connectivity index is 2.02. The Morgan fingerprint density at radius 2 is 2.10 bits per heavy atom. The molecule has 0 aliphatic heterocycles. The molecule has 0 aromatic heterocycles. The lowest BCUT2D eigenvalue weighted by atomic mass is 9.61. The Morgan fingerprint density at radius 3 is 2.71 bits per heavy atom. The van der Waals surface area contributed by atoms with Crippen molar-refractivity contribution in [2.24, 2.45) is 5.41 Å². The Kier molecular flexibility index (Phi) is 5.32.